The summed E-state index contributed by atoms with van der Waals surface area (Å²) in [7, 11) is -2.99. The van der Waals surface area contributed by atoms with Crippen molar-refractivity contribution in [3.63, 3.8) is 0 Å². The third-order valence-electron chi connectivity index (χ3n) is 5.36. The van der Waals surface area contributed by atoms with Crippen molar-refractivity contribution >= 4 is 21.7 Å². The Morgan fingerprint density at radius 1 is 1.23 bits per heavy atom. The summed E-state index contributed by atoms with van der Waals surface area (Å²) in [5.41, 5.74) is 1.36. The lowest BCUT2D eigenvalue weighted by Crippen LogP contribution is -2.44. The zero-order valence-electron chi connectivity index (χ0n) is 18.4. The Balaban J connectivity index is 1.79. The molecule has 2 rings (SSSR count). The normalized spacial score (nSPS) is 16.9. The first-order chi connectivity index (χ1) is 14.3. The fraction of sp³-hybridized carbons (Fsp3) is 0.636. The second-order valence-corrected chi connectivity index (χ2v) is 10.4. The minimum atomic E-state index is -2.99. The van der Waals surface area contributed by atoms with Crippen molar-refractivity contribution in [1.29, 1.82) is 0 Å². The Kier molecular flexibility index (Phi) is 9.62. The standard InChI is InChI=1S/C22H36N4O3S/c1-4-23-22(25-18(2)12-15-30(3,28)29)24-17-21(27)26-13-10-20(11-14-26)16-19-8-6-5-7-9-19/h5-9,18,20H,4,10-17H2,1-3H3,(H2,23,24,25). The van der Waals surface area contributed by atoms with Gasteiger partial charge in [-0.05, 0) is 51.0 Å². The summed E-state index contributed by atoms with van der Waals surface area (Å²) in [5, 5.41) is 6.31. The van der Waals surface area contributed by atoms with E-state index >= 15 is 0 Å². The second-order valence-electron chi connectivity index (χ2n) is 8.17. The van der Waals surface area contributed by atoms with Gasteiger partial charge in [0.2, 0.25) is 5.91 Å². The molecule has 0 radical (unpaired) electrons. The first-order valence-corrected chi connectivity index (χ1v) is 12.9. The summed E-state index contributed by atoms with van der Waals surface area (Å²) in [6, 6.07) is 10.5. The topological polar surface area (TPSA) is 90.9 Å². The minimum absolute atomic E-state index is 0.0363. The Bertz CT molecular complexity index is 788. The average molecular weight is 437 g/mol. The molecule has 1 atom stereocenters. The van der Waals surface area contributed by atoms with Crippen LogP contribution in [0.1, 0.15) is 38.7 Å². The number of nitrogens with zero attached hydrogens (tertiary/aromatic N) is 2. The third kappa shape index (κ3) is 9.15. The molecule has 1 fully saturated rings. The summed E-state index contributed by atoms with van der Waals surface area (Å²) in [4.78, 5) is 18.9. The number of hydrogen-bond acceptors (Lipinski definition) is 4. The highest BCUT2D eigenvalue weighted by Crippen LogP contribution is 2.21. The molecule has 1 heterocycles. The van der Waals surface area contributed by atoms with E-state index in [9.17, 15) is 13.2 Å². The van der Waals surface area contributed by atoms with Gasteiger partial charge in [0.05, 0.1) is 5.75 Å². The van der Waals surface area contributed by atoms with E-state index in [1.54, 1.807) is 0 Å². The number of hydrogen-bond donors (Lipinski definition) is 2. The van der Waals surface area contributed by atoms with Gasteiger partial charge in [-0.2, -0.15) is 0 Å². The predicted octanol–water partition coefficient (Wildman–Crippen LogP) is 1.85. The van der Waals surface area contributed by atoms with Gasteiger partial charge in [0, 0.05) is 31.9 Å². The fourth-order valence-corrected chi connectivity index (χ4v) is 4.38. The van der Waals surface area contributed by atoms with E-state index in [2.05, 4.69) is 39.9 Å². The first-order valence-electron chi connectivity index (χ1n) is 10.8. The molecule has 1 aliphatic heterocycles. The maximum atomic E-state index is 12.6. The van der Waals surface area contributed by atoms with Crippen LogP contribution in [-0.2, 0) is 21.1 Å². The zero-order valence-corrected chi connectivity index (χ0v) is 19.2. The van der Waals surface area contributed by atoms with Crippen LogP contribution in [0.2, 0.25) is 0 Å². The van der Waals surface area contributed by atoms with E-state index in [4.69, 9.17) is 0 Å². The summed E-state index contributed by atoms with van der Waals surface area (Å²) in [5.74, 6) is 1.33. The monoisotopic (exact) mass is 436 g/mol. The van der Waals surface area contributed by atoms with Crippen LogP contribution < -0.4 is 10.6 Å². The van der Waals surface area contributed by atoms with Crippen LogP contribution >= 0.6 is 0 Å². The molecule has 1 aromatic rings. The number of guanidine groups is 1. The molecule has 0 spiro atoms. The van der Waals surface area contributed by atoms with Crippen LogP contribution in [0.3, 0.4) is 0 Å². The number of carbonyl (C=O) groups is 1. The summed E-state index contributed by atoms with van der Waals surface area (Å²) in [6.45, 7) is 6.19. The van der Waals surface area contributed by atoms with E-state index in [1.165, 1.54) is 11.8 Å². The van der Waals surface area contributed by atoms with Gasteiger partial charge in [0.1, 0.15) is 16.4 Å². The van der Waals surface area contributed by atoms with Crippen LogP contribution in [-0.4, -0.2) is 69.4 Å². The Labute approximate surface area is 181 Å². The molecule has 0 bridgehead atoms. The molecule has 1 amide bonds. The van der Waals surface area contributed by atoms with Crippen molar-refractivity contribution < 1.29 is 13.2 Å². The van der Waals surface area contributed by atoms with E-state index in [-0.39, 0.29) is 24.2 Å². The molecule has 168 valence electrons. The molecule has 0 aromatic heterocycles. The lowest BCUT2D eigenvalue weighted by atomic mass is 9.90. The van der Waals surface area contributed by atoms with Crippen molar-refractivity contribution in [1.82, 2.24) is 15.5 Å². The summed E-state index contributed by atoms with van der Waals surface area (Å²) < 4.78 is 22.7. The molecule has 1 unspecified atom stereocenters. The number of sulfone groups is 1. The highest BCUT2D eigenvalue weighted by atomic mass is 32.2. The quantitative estimate of drug-likeness (QED) is 0.455. The molecule has 1 aliphatic rings. The first kappa shape index (κ1) is 24.2. The summed E-state index contributed by atoms with van der Waals surface area (Å²) >= 11 is 0. The maximum absolute atomic E-state index is 12.6. The third-order valence-corrected chi connectivity index (χ3v) is 6.33. The molecule has 1 saturated heterocycles. The summed E-state index contributed by atoms with van der Waals surface area (Å²) in [6.07, 6.45) is 4.84. The molecule has 0 saturated carbocycles. The SMILES string of the molecule is CCNC(=NCC(=O)N1CCC(Cc2ccccc2)CC1)NC(C)CCS(C)(=O)=O. The van der Waals surface area contributed by atoms with Crippen LogP contribution in [0.5, 0.6) is 0 Å². The molecular weight excluding hydrogens is 400 g/mol. The number of piperidine rings is 1. The van der Waals surface area contributed by atoms with E-state index in [1.807, 2.05) is 24.8 Å². The smallest absolute Gasteiger partial charge is 0.244 e. The van der Waals surface area contributed by atoms with Gasteiger partial charge >= 0.3 is 0 Å². The van der Waals surface area contributed by atoms with Crippen molar-refractivity contribution in [2.24, 2.45) is 10.9 Å². The molecule has 8 heteroatoms. The second kappa shape index (κ2) is 11.9. The van der Waals surface area contributed by atoms with E-state index in [0.29, 0.717) is 24.8 Å². The van der Waals surface area contributed by atoms with E-state index in [0.717, 1.165) is 32.4 Å². The van der Waals surface area contributed by atoms with Crippen LogP contribution in [0.4, 0.5) is 0 Å². The van der Waals surface area contributed by atoms with Gasteiger partial charge in [-0.15, -0.1) is 0 Å². The van der Waals surface area contributed by atoms with Crippen molar-refractivity contribution in [2.45, 2.75) is 45.6 Å². The van der Waals surface area contributed by atoms with Gasteiger partial charge in [-0.25, -0.2) is 13.4 Å². The largest absolute Gasteiger partial charge is 0.357 e. The van der Waals surface area contributed by atoms with Gasteiger partial charge < -0.3 is 15.5 Å². The maximum Gasteiger partial charge on any atom is 0.244 e. The number of aliphatic imine (C=N–C) groups is 1. The highest BCUT2D eigenvalue weighted by Gasteiger charge is 2.22. The van der Waals surface area contributed by atoms with E-state index < -0.39 is 9.84 Å². The van der Waals surface area contributed by atoms with Crippen molar-refractivity contribution in [3.8, 4) is 0 Å². The Hall–Kier alpha value is -2.09. The van der Waals surface area contributed by atoms with Crippen molar-refractivity contribution in [3.05, 3.63) is 35.9 Å². The fourth-order valence-electron chi connectivity index (χ4n) is 3.60. The highest BCUT2D eigenvalue weighted by molar-refractivity contribution is 7.90. The number of nitrogens with one attached hydrogen (secondary N) is 2. The number of benzene rings is 1. The Morgan fingerprint density at radius 2 is 1.90 bits per heavy atom. The molecule has 1 aromatic carbocycles. The lowest BCUT2D eigenvalue weighted by Gasteiger charge is -2.32. The molecule has 0 aliphatic carbocycles. The molecule has 7 nitrogen and oxygen atoms in total. The van der Waals surface area contributed by atoms with Gasteiger partial charge in [-0.3, -0.25) is 4.79 Å². The zero-order chi connectivity index (χ0) is 22.0. The molecule has 30 heavy (non-hydrogen) atoms. The lowest BCUT2D eigenvalue weighted by molar-refractivity contribution is -0.130. The van der Waals surface area contributed by atoms with Crippen LogP contribution in [0, 0.1) is 5.92 Å². The molecular formula is C22H36N4O3S. The minimum Gasteiger partial charge on any atom is -0.357 e. The van der Waals surface area contributed by atoms with Gasteiger partial charge in [0.25, 0.3) is 0 Å². The average Bonchev–Trinajstić information content (AvgIpc) is 2.71. The number of likely N-dealkylation sites (tertiary alicyclic amines) is 1. The van der Waals surface area contributed by atoms with Gasteiger partial charge in [-0.1, -0.05) is 30.3 Å². The predicted molar refractivity (Wildman–Crippen MR) is 122 cm³/mol. The van der Waals surface area contributed by atoms with Gasteiger partial charge in [0.15, 0.2) is 5.96 Å². The molecule has 2 N–H and O–H groups in total. The Morgan fingerprint density at radius 3 is 2.50 bits per heavy atom. The number of carbonyl (C=O) groups excluding carboxylic acids is 1. The number of rotatable bonds is 9. The van der Waals surface area contributed by atoms with Crippen molar-refractivity contribution in [2.75, 3.05) is 38.2 Å². The van der Waals surface area contributed by atoms with Crippen LogP contribution in [0.15, 0.2) is 35.3 Å². The van der Waals surface area contributed by atoms with Crippen LogP contribution in [0.25, 0.3) is 0 Å². The number of amides is 1.